The van der Waals surface area contributed by atoms with Crippen molar-refractivity contribution in [2.75, 3.05) is 0 Å². The first kappa shape index (κ1) is 20.2. The van der Waals surface area contributed by atoms with Crippen LogP contribution >= 0.6 is 0 Å². The second kappa shape index (κ2) is 9.10. The van der Waals surface area contributed by atoms with Crippen molar-refractivity contribution in [3.05, 3.63) is 82.9 Å². The van der Waals surface area contributed by atoms with Gasteiger partial charge in [0.15, 0.2) is 11.6 Å². The Morgan fingerprint density at radius 1 is 0.857 bits per heavy atom. The molecule has 0 saturated heterocycles. The summed E-state index contributed by atoms with van der Waals surface area (Å²) >= 11 is 0. The maximum Gasteiger partial charge on any atom is 0.160 e. The SMILES string of the molecule is C=CCCC1CCC(c2cc(F)c(C#Cc3ccc(F)c(F)c3)c(F)c2)CC1. The highest BCUT2D eigenvalue weighted by Gasteiger charge is 2.23. The van der Waals surface area contributed by atoms with E-state index >= 15 is 0 Å². The molecule has 0 unspecified atom stereocenters. The predicted octanol–water partition coefficient (Wildman–Crippen LogP) is 6.88. The zero-order valence-corrected chi connectivity index (χ0v) is 15.6. The van der Waals surface area contributed by atoms with Crippen LogP contribution in [0.2, 0.25) is 0 Å². The van der Waals surface area contributed by atoms with Crippen molar-refractivity contribution in [3.63, 3.8) is 0 Å². The molecule has 1 saturated carbocycles. The molecule has 1 aliphatic carbocycles. The highest BCUT2D eigenvalue weighted by atomic mass is 19.2. The minimum absolute atomic E-state index is 0.150. The highest BCUT2D eigenvalue weighted by molar-refractivity contribution is 5.45. The molecular weight excluding hydrogens is 364 g/mol. The van der Waals surface area contributed by atoms with Gasteiger partial charge in [-0.15, -0.1) is 6.58 Å². The van der Waals surface area contributed by atoms with Crippen LogP contribution in [0.3, 0.4) is 0 Å². The fourth-order valence-electron chi connectivity index (χ4n) is 3.79. The van der Waals surface area contributed by atoms with Gasteiger partial charge in [0.05, 0.1) is 5.56 Å². The molecular formula is C24H22F4. The van der Waals surface area contributed by atoms with E-state index in [1.165, 1.54) is 18.2 Å². The van der Waals surface area contributed by atoms with Crippen LogP contribution in [0.1, 0.15) is 61.1 Å². The molecule has 3 rings (SSSR count). The van der Waals surface area contributed by atoms with Crippen molar-refractivity contribution in [3.8, 4) is 11.8 Å². The van der Waals surface area contributed by atoms with Gasteiger partial charge in [0, 0.05) is 5.56 Å². The summed E-state index contributed by atoms with van der Waals surface area (Å²) in [6.07, 6.45) is 8.00. The number of rotatable bonds is 4. The van der Waals surface area contributed by atoms with Crippen molar-refractivity contribution < 1.29 is 17.6 Å². The van der Waals surface area contributed by atoms with E-state index < -0.39 is 23.3 Å². The lowest BCUT2D eigenvalue weighted by Gasteiger charge is -2.28. The quantitative estimate of drug-likeness (QED) is 0.305. The van der Waals surface area contributed by atoms with Crippen molar-refractivity contribution in [1.82, 2.24) is 0 Å². The standard InChI is InChI=1S/C24H22F4/c1-2-3-4-16-5-9-18(10-6-16)19-14-22(26)20(23(27)15-19)11-7-17-8-12-21(25)24(28)13-17/h2,8,12-16,18H,1,3-6,9-10H2. The summed E-state index contributed by atoms with van der Waals surface area (Å²) in [4.78, 5) is 0. The van der Waals surface area contributed by atoms with E-state index in [1.54, 1.807) is 0 Å². The van der Waals surface area contributed by atoms with E-state index in [4.69, 9.17) is 0 Å². The Kier molecular flexibility index (Phi) is 6.57. The molecule has 0 bridgehead atoms. The molecule has 1 fully saturated rings. The second-order valence-electron chi connectivity index (χ2n) is 7.32. The van der Waals surface area contributed by atoms with Crippen LogP contribution < -0.4 is 0 Å². The van der Waals surface area contributed by atoms with Gasteiger partial charge < -0.3 is 0 Å². The van der Waals surface area contributed by atoms with E-state index in [1.807, 2.05) is 6.08 Å². The summed E-state index contributed by atoms with van der Waals surface area (Å²) < 4.78 is 55.1. The third kappa shape index (κ3) is 4.84. The summed E-state index contributed by atoms with van der Waals surface area (Å²) in [5.41, 5.74) is 0.461. The van der Waals surface area contributed by atoms with Gasteiger partial charge in [0.2, 0.25) is 0 Å². The van der Waals surface area contributed by atoms with Crippen molar-refractivity contribution >= 4 is 0 Å². The second-order valence-corrected chi connectivity index (χ2v) is 7.32. The van der Waals surface area contributed by atoms with Crippen LogP contribution in [0.5, 0.6) is 0 Å². The Bertz CT molecular complexity index is 889. The van der Waals surface area contributed by atoms with Gasteiger partial charge >= 0.3 is 0 Å². The van der Waals surface area contributed by atoms with Crippen LogP contribution in [-0.4, -0.2) is 0 Å². The average Bonchev–Trinajstić information content (AvgIpc) is 2.68. The van der Waals surface area contributed by atoms with E-state index in [0.29, 0.717) is 11.5 Å². The lowest BCUT2D eigenvalue weighted by Crippen LogP contribution is -2.14. The highest BCUT2D eigenvalue weighted by Crippen LogP contribution is 2.38. The predicted molar refractivity (Wildman–Crippen MR) is 103 cm³/mol. The molecule has 2 aromatic rings. The molecule has 146 valence electrons. The first-order valence-electron chi connectivity index (χ1n) is 9.55. The summed E-state index contributed by atoms with van der Waals surface area (Å²) in [7, 11) is 0. The van der Waals surface area contributed by atoms with Crippen LogP contribution in [0.25, 0.3) is 0 Å². The molecule has 0 nitrogen and oxygen atoms in total. The summed E-state index contributed by atoms with van der Waals surface area (Å²) in [6, 6.07) is 5.80. The van der Waals surface area contributed by atoms with Gasteiger partial charge in [-0.3, -0.25) is 0 Å². The molecule has 0 radical (unpaired) electrons. The minimum atomic E-state index is -1.05. The van der Waals surface area contributed by atoms with Crippen LogP contribution in [0.4, 0.5) is 17.6 Å². The number of hydrogen-bond donors (Lipinski definition) is 0. The third-order valence-electron chi connectivity index (χ3n) is 5.41. The third-order valence-corrected chi connectivity index (χ3v) is 5.41. The van der Waals surface area contributed by atoms with Crippen LogP contribution in [0.15, 0.2) is 43.0 Å². The Balaban J connectivity index is 1.74. The maximum absolute atomic E-state index is 14.5. The van der Waals surface area contributed by atoms with E-state index in [-0.39, 0.29) is 17.0 Å². The Morgan fingerprint density at radius 3 is 2.14 bits per heavy atom. The van der Waals surface area contributed by atoms with Gasteiger partial charge in [0.25, 0.3) is 0 Å². The lowest BCUT2D eigenvalue weighted by atomic mass is 9.77. The monoisotopic (exact) mass is 386 g/mol. The van der Waals surface area contributed by atoms with E-state index in [9.17, 15) is 17.6 Å². The zero-order valence-electron chi connectivity index (χ0n) is 15.6. The molecule has 0 aliphatic heterocycles. The van der Waals surface area contributed by atoms with Crippen molar-refractivity contribution in [1.29, 1.82) is 0 Å². The first-order chi connectivity index (χ1) is 13.5. The average molecular weight is 386 g/mol. The molecule has 28 heavy (non-hydrogen) atoms. The fourth-order valence-corrected chi connectivity index (χ4v) is 3.79. The maximum atomic E-state index is 14.5. The Hall–Kier alpha value is -2.54. The number of hydrogen-bond acceptors (Lipinski definition) is 0. The molecule has 0 amide bonds. The lowest BCUT2D eigenvalue weighted by molar-refractivity contribution is 0.311. The number of benzene rings is 2. The molecule has 1 aliphatic rings. The number of halogens is 4. The molecule has 0 N–H and O–H groups in total. The van der Waals surface area contributed by atoms with Gasteiger partial charge in [-0.1, -0.05) is 17.9 Å². The van der Waals surface area contributed by atoms with Gasteiger partial charge in [0.1, 0.15) is 11.6 Å². The summed E-state index contributed by atoms with van der Waals surface area (Å²) in [5, 5.41) is 0. The molecule has 0 spiro atoms. The first-order valence-corrected chi connectivity index (χ1v) is 9.55. The number of allylic oxidation sites excluding steroid dienone is 1. The molecule has 0 atom stereocenters. The molecule has 0 aromatic heterocycles. The summed E-state index contributed by atoms with van der Waals surface area (Å²) in [5.74, 6) is 2.21. The van der Waals surface area contributed by atoms with Gasteiger partial charge in [-0.25, -0.2) is 17.6 Å². The van der Waals surface area contributed by atoms with Crippen molar-refractivity contribution in [2.24, 2.45) is 5.92 Å². The van der Waals surface area contributed by atoms with E-state index in [2.05, 4.69) is 18.4 Å². The van der Waals surface area contributed by atoms with Crippen LogP contribution in [0, 0.1) is 41.0 Å². The van der Waals surface area contributed by atoms with Crippen LogP contribution in [-0.2, 0) is 0 Å². The van der Waals surface area contributed by atoms with Crippen molar-refractivity contribution in [2.45, 2.75) is 44.4 Å². The normalized spacial score (nSPS) is 19.0. The zero-order chi connectivity index (χ0) is 20.1. The van der Waals surface area contributed by atoms with E-state index in [0.717, 1.165) is 50.7 Å². The summed E-state index contributed by atoms with van der Waals surface area (Å²) in [6.45, 7) is 3.75. The fraction of sp³-hybridized carbons (Fsp3) is 0.333. The topological polar surface area (TPSA) is 0 Å². The Morgan fingerprint density at radius 2 is 1.54 bits per heavy atom. The minimum Gasteiger partial charge on any atom is -0.206 e. The van der Waals surface area contributed by atoms with Gasteiger partial charge in [-0.2, -0.15) is 0 Å². The molecule has 4 heteroatoms. The van der Waals surface area contributed by atoms with Gasteiger partial charge in [-0.05, 0) is 86.3 Å². The smallest absolute Gasteiger partial charge is 0.160 e. The Labute approximate surface area is 163 Å². The molecule has 0 heterocycles. The molecule has 2 aromatic carbocycles. The largest absolute Gasteiger partial charge is 0.206 e.